The molecular formula is C14H17NO2S. The van der Waals surface area contributed by atoms with Crippen molar-refractivity contribution in [3.8, 4) is 0 Å². The fourth-order valence-corrected chi connectivity index (χ4v) is 2.47. The van der Waals surface area contributed by atoms with Crippen LogP contribution in [0.25, 0.3) is 6.08 Å². The molecule has 4 heteroatoms. The van der Waals surface area contributed by atoms with Gasteiger partial charge in [-0.25, -0.2) is 4.79 Å². The molecule has 3 nitrogen and oxygen atoms in total. The van der Waals surface area contributed by atoms with Gasteiger partial charge < -0.3 is 10.0 Å². The highest BCUT2D eigenvalue weighted by Gasteiger charge is 2.17. The standard InChI is InChI=1S/C14H17NO2S/c1-18-13-4-2-11(3-5-13)10-12-6-8-15(9-7-12)14(16)17/h2-5,10H,6-9H2,1H3,(H,16,17). The van der Waals surface area contributed by atoms with Gasteiger partial charge in [-0.15, -0.1) is 11.8 Å². The molecule has 0 bridgehead atoms. The fourth-order valence-electron chi connectivity index (χ4n) is 2.07. The van der Waals surface area contributed by atoms with Crippen LogP contribution in [0.3, 0.4) is 0 Å². The Labute approximate surface area is 111 Å². The second kappa shape index (κ2) is 5.96. The Morgan fingerprint density at radius 3 is 2.39 bits per heavy atom. The summed E-state index contributed by atoms with van der Waals surface area (Å²) in [6.07, 6.45) is 5.13. The van der Waals surface area contributed by atoms with Crippen molar-refractivity contribution in [2.24, 2.45) is 0 Å². The molecule has 1 amide bonds. The third kappa shape index (κ3) is 3.29. The van der Waals surface area contributed by atoms with Crippen LogP contribution in [0.15, 0.2) is 34.7 Å². The van der Waals surface area contributed by atoms with Crippen molar-refractivity contribution in [1.82, 2.24) is 4.90 Å². The molecule has 0 atom stereocenters. The number of rotatable bonds is 2. The predicted molar refractivity (Wildman–Crippen MR) is 75.0 cm³/mol. The van der Waals surface area contributed by atoms with E-state index in [1.165, 1.54) is 20.9 Å². The second-order valence-corrected chi connectivity index (χ2v) is 5.23. The Morgan fingerprint density at radius 2 is 1.89 bits per heavy atom. The molecule has 0 spiro atoms. The van der Waals surface area contributed by atoms with Crippen LogP contribution in [0.2, 0.25) is 0 Å². The van der Waals surface area contributed by atoms with E-state index >= 15 is 0 Å². The van der Waals surface area contributed by atoms with Gasteiger partial charge in [-0.05, 0) is 36.8 Å². The summed E-state index contributed by atoms with van der Waals surface area (Å²) in [5.74, 6) is 0. The normalized spacial score (nSPS) is 15.6. The summed E-state index contributed by atoms with van der Waals surface area (Å²) in [5, 5.41) is 8.88. The Hall–Kier alpha value is -1.42. The van der Waals surface area contributed by atoms with E-state index in [0.29, 0.717) is 13.1 Å². The third-order valence-corrected chi connectivity index (χ3v) is 3.91. The molecule has 1 saturated heterocycles. The minimum Gasteiger partial charge on any atom is -0.465 e. The lowest BCUT2D eigenvalue weighted by Crippen LogP contribution is -2.35. The number of hydrogen-bond donors (Lipinski definition) is 1. The third-order valence-electron chi connectivity index (χ3n) is 3.16. The zero-order chi connectivity index (χ0) is 13.0. The second-order valence-electron chi connectivity index (χ2n) is 4.35. The van der Waals surface area contributed by atoms with Gasteiger partial charge in [0, 0.05) is 18.0 Å². The first-order valence-electron chi connectivity index (χ1n) is 6.00. The number of likely N-dealkylation sites (tertiary alicyclic amines) is 1. The average molecular weight is 263 g/mol. The average Bonchev–Trinajstić information content (AvgIpc) is 2.40. The van der Waals surface area contributed by atoms with Crippen LogP contribution in [0.5, 0.6) is 0 Å². The number of carbonyl (C=O) groups is 1. The van der Waals surface area contributed by atoms with Gasteiger partial charge in [-0.3, -0.25) is 0 Å². The summed E-state index contributed by atoms with van der Waals surface area (Å²) in [4.78, 5) is 13.5. The fraction of sp³-hybridized carbons (Fsp3) is 0.357. The zero-order valence-electron chi connectivity index (χ0n) is 10.4. The number of carboxylic acid groups (broad SMARTS) is 1. The quantitative estimate of drug-likeness (QED) is 0.829. The van der Waals surface area contributed by atoms with Crippen molar-refractivity contribution >= 4 is 23.9 Å². The van der Waals surface area contributed by atoms with E-state index in [4.69, 9.17) is 5.11 Å². The van der Waals surface area contributed by atoms with Gasteiger partial charge in [-0.2, -0.15) is 0 Å². The van der Waals surface area contributed by atoms with E-state index in [1.54, 1.807) is 11.8 Å². The molecule has 1 aliphatic heterocycles. The van der Waals surface area contributed by atoms with E-state index in [0.717, 1.165) is 12.8 Å². The Bertz CT molecular complexity index is 443. The van der Waals surface area contributed by atoms with E-state index in [9.17, 15) is 4.79 Å². The monoisotopic (exact) mass is 263 g/mol. The Morgan fingerprint density at radius 1 is 1.28 bits per heavy atom. The maximum atomic E-state index is 10.8. The van der Waals surface area contributed by atoms with Gasteiger partial charge in [0.1, 0.15) is 0 Å². The lowest BCUT2D eigenvalue weighted by molar-refractivity contribution is 0.142. The zero-order valence-corrected chi connectivity index (χ0v) is 11.2. The molecule has 1 aromatic rings. The van der Waals surface area contributed by atoms with Crippen LogP contribution >= 0.6 is 11.8 Å². The van der Waals surface area contributed by atoms with Gasteiger partial charge in [-0.1, -0.05) is 23.8 Å². The molecule has 96 valence electrons. The smallest absolute Gasteiger partial charge is 0.407 e. The summed E-state index contributed by atoms with van der Waals surface area (Å²) in [5.41, 5.74) is 2.54. The van der Waals surface area contributed by atoms with E-state index in [-0.39, 0.29) is 0 Å². The van der Waals surface area contributed by atoms with Crippen molar-refractivity contribution in [3.05, 3.63) is 35.4 Å². The van der Waals surface area contributed by atoms with Crippen LogP contribution in [0.4, 0.5) is 4.79 Å². The van der Waals surface area contributed by atoms with Crippen LogP contribution in [0.1, 0.15) is 18.4 Å². The highest BCUT2D eigenvalue weighted by atomic mass is 32.2. The number of nitrogens with zero attached hydrogens (tertiary/aromatic N) is 1. The van der Waals surface area contributed by atoms with Crippen molar-refractivity contribution in [2.45, 2.75) is 17.7 Å². The molecule has 0 aromatic heterocycles. The van der Waals surface area contributed by atoms with Crippen LogP contribution in [-0.4, -0.2) is 35.4 Å². The number of thioether (sulfide) groups is 1. The molecule has 0 unspecified atom stereocenters. The van der Waals surface area contributed by atoms with Crippen LogP contribution < -0.4 is 0 Å². The molecule has 1 fully saturated rings. The van der Waals surface area contributed by atoms with E-state index in [2.05, 4.69) is 36.6 Å². The Kier molecular flexibility index (Phi) is 4.31. The molecule has 2 rings (SSSR count). The number of benzene rings is 1. The molecule has 18 heavy (non-hydrogen) atoms. The van der Waals surface area contributed by atoms with Crippen LogP contribution in [-0.2, 0) is 0 Å². The summed E-state index contributed by atoms with van der Waals surface area (Å²) in [6, 6.07) is 8.46. The van der Waals surface area contributed by atoms with Gasteiger partial charge in [0.2, 0.25) is 0 Å². The van der Waals surface area contributed by atoms with E-state index in [1.807, 2.05) is 0 Å². The molecule has 1 aliphatic rings. The maximum Gasteiger partial charge on any atom is 0.407 e. The highest BCUT2D eigenvalue weighted by Crippen LogP contribution is 2.21. The summed E-state index contributed by atoms with van der Waals surface area (Å²) < 4.78 is 0. The van der Waals surface area contributed by atoms with E-state index < -0.39 is 6.09 Å². The summed E-state index contributed by atoms with van der Waals surface area (Å²) in [7, 11) is 0. The first-order valence-corrected chi connectivity index (χ1v) is 7.23. The topological polar surface area (TPSA) is 40.5 Å². The van der Waals surface area contributed by atoms with Crippen molar-refractivity contribution in [3.63, 3.8) is 0 Å². The molecule has 1 aromatic carbocycles. The molecule has 0 saturated carbocycles. The summed E-state index contributed by atoms with van der Waals surface area (Å²) in [6.45, 7) is 1.23. The maximum absolute atomic E-state index is 10.8. The number of piperidine rings is 1. The van der Waals surface area contributed by atoms with Crippen molar-refractivity contribution < 1.29 is 9.90 Å². The Balaban J connectivity index is 1.99. The van der Waals surface area contributed by atoms with Crippen LogP contribution in [0, 0.1) is 0 Å². The SMILES string of the molecule is CSc1ccc(C=C2CCN(C(=O)O)CC2)cc1. The molecule has 0 aliphatic carbocycles. The van der Waals surface area contributed by atoms with Gasteiger partial charge in [0.25, 0.3) is 0 Å². The molecule has 1 N–H and O–H groups in total. The molecule has 0 radical (unpaired) electrons. The molecule has 1 heterocycles. The first-order chi connectivity index (χ1) is 8.69. The molecular weight excluding hydrogens is 246 g/mol. The predicted octanol–water partition coefficient (Wildman–Crippen LogP) is 3.57. The highest BCUT2D eigenvalue weighted by molar-refractivity contribution is 7.98. The largest absolute Gasteiger partial charge is 0.465 e. The number of hydrogen-bond acceptors (Lipinski definition) is 2. The lowest BCUT2D eigenvalue weighted by Gasteiger charge is -2.25. The minimum absolute atomic E-state index is 0.615. The van der Waals surface area contributed by atoms with Gasteiger partial charge in [0.15, 0.2) is 0 Å². The van der Waals surface area contributed by atoms with Crippen molar-refractivity contribution in [2.75, 3.05) is 19.3 Å². The summed E-state index contributed by atoms with van der Waals surface area (Å²) >= 11 is 1.73. The lowest BCUT2D eigenvalue weighted by atomic mass is 10.0. The minimum atomic E-state index is -0.807. The van der Waals surface area contributed by atoms with Crippen molar-refractivity contribution in [1.29, 1.82) is 0 Å². The number of amides is 1. The van der Waals surface area contributed by atoms with Gasteiger partial charge >= 0.3 is 6.09 Å². The first kappa shape index (κ1) is 13.0. The van der Waals surface area contributed by atoms with Gasteiger partial charge in [0.05, 0.1) is 0 Å².